The second kappa shape index (κ2) is 6.31. The van der Waals surface area contributed by atoms with Crippen LogP contribution >= 0.6 is 21.8 Å². The molecule has 144 valence electrons. The van der Waals surface area contributed by atoms with Crippen molar-refractivity contribution in [3.05, 3.63) is 53.1 Å². The van der Waals surface area contributed by atoms with Crippen molar-refractivity contribution < 1.29 is 33.7 Å². The summed E-state index contributed by atoms with van der Waals surface area (Å²) in [5.41, 5.74) is 0.0989. The molecule has 0 bridgehead atoms. The van der Waals surface area contributed by atoms with Gasteiger partial charge in [-0.1, -0.05) is 38.0 Å². The van der Waals surface area contributed by atoms with Gasteiger partial charge in [0.1, 0.15) is 16.4 Å². The minimum Gasteiger partial charge on any atom is -0.494 e. The predicted molar refractivity (Wildman–Crippen MR) is 90.0 cm³/mol. The van der Waals surface area contributed by atoms with Gasteiger partial charge in [0.25, 0.3) is 0 Å². The lowest BCUT2D eigenvalue weighted by Gasteiger charge is -2.41. The molecule has 10 heteroatoms. The standard InChI is InChI=1S/C16H14ClF5O3S/c1-2-9-24-12-5-3-11(4-6-12)16(23)25-13-7-8-15(14(17)10-13)26(18,19,20,21)22/h3-8,10H,2,9H2,1H3. The summed E-state index contributed by atoms with van der Waals surface area (Å²) in [5, 5.41) is -1.25. The summed E-state index contributed by atoms with van der Waals surface area (Å²) in [5.74, 6) is -0.744. The molecule has 3 nitrogen and oxygen atoms in total. The molecule has 2 aromatic carbocycles. The van der Waals surface area contributed by atoms with Gasteiger partial charge < -0.3 is 9.47 Å². The average molecular weight is 417 g/mol. The van der Waals surface area contributed by atoms with Crippen molar-refractivity contribution in [2.75, 3.05) is 6.61 Å². The van der Waals surface area contributed by atoms with Crippen LogP contribution in [0.15, 0.2) is 47.4 Å². The van der Waals surface area contributed by atoms with E-state index in [1.54, 1.807) is 0 Å². The fraction of sp³-hybridized carbons (Fsp3) is 0.188. The van der Waals surface area contributed by atoms with Crippen molar-refractivity contribution in [2.45, 2.75) is 18.2 Å². The number of carbonyl (C=O) groups excluding carboxylic acids is 1. The molecule has 0 fully saturated rings. The van der Waals surface area contributed by atoms with Crippen LogP contribution in [-0.4, -0.2) is 12.6 Å². The van der Waals surface area contributed by atoms with Crippen LogP contribution in [0.2, 0.25) is 5.02 Å². The molecule has 0 atom stereocenters. The molecular formula is C16H14ClF5O3S. The lowest BCUT2D eigenvalue weighted by atomic mass is 10.2. The molecule has 0 aliphatic carbocycles. The number of carbonyl (C=O) groups is 1. The molecule has 0 heterocycles. The van der Waals surface area contributed by atoms with E-state index < -0.39 is 31.9 Å². The van der Waals surface area contributed by atoms with Crippen LogP contribution in [0.25, 0.3) is 0 Å². The van der Waals surface area contributed by atoms with E-state index >= 15 is 0 Å². The SMILES string of the molecule is CCCOc1ccc(C(=O)Oc2ccc(S(F)(F)(F)(F)F)c(Cl)c2)cc1. The molecule has 0 saturated heterocycles. The number of hydrogen-bond acceptors (Lipinski definition) is 3. The Morgan fingerprint density at radius 2 is 1.58 bits per heavy atom. The second-order valence-corrected chi connectivity index (χ2v) is 8.11. The lowest BCUT2D eigenvalue weighted by Crippen LogP contribution is -2.10. The van der Waals surface area contributed by atoms with Crippen molar-refractivity contribution >= 4 is 27.8 Å². The third-order valence-corrected chi connectivity index (χ3v) is 4.70. The molecule has 2 rings (SSSR count). The Bertz CT molecular complexity index is 823. The van der Waals surface area contributed by atoms with Crippen LogP contribution < -0.4 is 9.47 Å². The van der Waals surface area contributed by atoms with E-state index in [4.69, 9.17) is 21.1 Å². The van der Waals surface area contributed by atoms with E-state index in [1.165, 1.54) is 24.3 Å². The maximum atomic E-state index is 12.8. The summed E-state index contributed by atoms with van der Waals surface area (Å²) < 4.78 is 74.2. The summed E-state index contributed by atoms with van der Waals surface area (Å²) >= 11 is 5.31. The highest BCUT2D eigenvalue weighted by Gasteiger charge is 2.66. The van der Waals surface area contributed by atoms with E-state index in [0.717, 1.165) is 6.42 Å². The van der Waals surface area contributed by atoms with Gasteiger partial charge in [-0.2, -0.15) is 0 Å². The Morgan fingerprint density at radius 3 is 2.08 bits per heavy atom. The van der Waals surface area contributed by atoms with E-state index in [1.807, 2.05) is 6.92 Å². The summed E-state index contributed by atoms with van der Waals surface area (Å²) in [4.78, 5) is 9.76. The fourth-order valence-corrected chi connectivity index (χ4v) is 3.29. The topological polar surface area (TPSA) is 35.5 Å². The lowest BCUT2D eigenvalue weighted by molar-refractivity contribution is 0.0734. The van der Waals surface area contributed by atoms with Crippen LogP contribution in [0.4, 0.5) is 19.4 Å². The van der Waals surface area contributed by atoms with Crippen LogP contribution in [0, 0.1) is 0 Å². The monoisotopic (exact) mass is 416 g/mol. The smallest absolute Gasteiger partial charge is 0.343 e. The zero-order valence-corrected chi connectivity index (χ0v) is 14.9. The molecule has 0 unspecified atom stereocenters. The van der Waals surface area contributed by atoms with Crippen molar-refractivity contribution in [3.8, 4) is 11.5 Å². The Balaban J connectivity index is 2.16. The first-order valence-electron chi connectivity index (χ1n) is 7.29. The first-order chi connectivity index (χ1) is 11.8. The number of benzene rings is 2. The first-order valence-corrected chi connectivity index (χ1v) is 9.62. The number of rotatable bonds is 6. The number of halogens is 6. The minimum atomic E-state index is -9.92. The van der Waals surface area contributed by atoms with Crippen LogP contribution in [0.3, 0.4) is 0 Å². The molecule has 0 aromatic heterocycles. The highest BCUT2D eigenvalue weighted by atomic mass is 35.5. The van der Waals surface area contributed by atoms with Gasteiger partial charge >= 0.3 is 16.2 Å². The molecule has 26 heavy (non-hydrogen) atoms. The Hall–Kier alpha value is -2.00. The number of hydrogen-bond donors (Lipinski definition) is 0. The van der Waals surface area contributed by atoms with Gasteiger partial charge in [-0.05, 0) is 42.8 Å². The molecular weight excluding hydrogens is 403 g/mol. The van der Waals surface area contributed by atoms with E-state index in [2.05, 4.69) is 0 Å². The van der Waals surface area contributed by atoms with E-state index in [-0.39, 0.29) is 11.6 Å². The van der Waals surface area contributed by atoms with Crippen LogP contribution in [0.5, 0.6) is 11.5 Å². The average Bonchev–Trinajstić information content (AvgIpc) is 2.50. The fourth-order valence-electron chi connectivity index (χ4n) is 1.93. The van der Waals surface area contributed by atoms with Gasteiger partial charge in [0.2, 0.25) is 0 Å². The molecule has 0 amide bonds. The van der Waals surface area contributed by atoms with Gasteiger partial charge in [0.05, 0.1) is 17.2 Å². The van der Waals surface area contributed by atoms with Gasteiger partial charge in [-0.15, -0.1) is 0 Å². The highest BCUT2D eigenvalue weighted by molar-refractivity contribution is 8.45. The predicted octanol–water partition coefficient (Wildman–Crippen LogP) is 7.01. The van der Waals surface area contributed by atoms with Crippen molar-refractivity contribution in [2.24, 2.45) is 0 Å². The van der Waals surface area contributed by atoms with Crippen LogP contribution in [0.1, 0.15) is 23.7 Å². The van der Waals surface area contributed by atoms with Crippen molar-refractivity contribution in [3.63, 3.8) is 0 Å². The normalized spacial score (nSPS) is 14.3. The third-order valence-electron chi connectivity index (χ3n) is 3.09. The van der Waals surface area contributed by atoms with E-state index in [9.17, 15) is 24.2 Å². The minimum absolute atomic E-state index is 0.0915. The van der Waals surface area contributed by atoms with Crippen molar-refractivity contribution in [1.82, 2.24) is 0 Å². The molecule has 0 spiro atoms. The summed E-state index contributed by atoms with van der Waals surface area (Å²) in [6, 6.07) is 7.07. The van der Waals surface area contributed by atoms with Crippen molar-refractivity contribution in [1.29, 1.82) is 0 Å². The summed E-state index contributed by atoms with van der Waals surface area (Å²) in [6.07, 6.45) is 0.805. The Morgan fingerprint density at radius 1 is 1.00 bits per heavy atom. The number of esters is 1. The zero-order chi connectivity index (χ0) is 19.7. The first kappa shape index (κ1) is 20.3. The summed E-state index contributed by atoms with van der Waals surface area (Å²) in [7, 11) is -9.92. The van der Waals surface area contributed by atoms with Gasteiger partial charge in [-0.3, -0.25) is 0 Å². The molecule has 0 N–H and O–H groups in total. The Labute approximate surface area is 151 Å². The molecule has 0 aliphatic heterocycles. The molecule has 0 saturated carbocycles. The zero-order valence-electron chi connectivity index (χ0n) is 13.4. The quantitative estimate of drug-likeness (QED) is 0.289. The van der Waals surface area contributed by atoms with Gasteiger partial charge in [0.15, 0.2) is 0 Å². The van der Waals surface area contributed by atoms with E-state index in [0.29, 0.717) is 24.5 Å². The maximum Gasteiger partial charge on any atom is 0.343 e. The third kappa shape index (κ3) is 5.25. The summed E-state index contributed by atoms with van der Waals surface area (Å²) in [6.45, 7) is 2.43. The molecule has 0 aliphatic rings. The maximum absolute atomic E-state index is 12.8. The number of ether oxygens (including phenoxy) is 2. The molecule has 0 radical (unpaired) electrons. The van der Waals surface area contributed by atoms with Gasteiger partial charge in [0, 0.05) is 6.07 Å². The second-order valence-electron chi connectivity index (χ2n) is 5.32. The van der Waals surface area contributed by atoms with Gasteiger partial charge in [-0.25, -0.2) is 4.79 Å². The highest BCUT2D eigenvalue weighted by Crippen LogP contribution is 3.02. The molecule has 2 aromatic rings. The van der Waals surface area contributed by atoms with Crippen LogP contribution in [-0.2, 0) is 0 Å². The largest absolute Gasteiger partial charge is 0.494 e. The Kier molecular flexibility index (Phi) is 4.93.